The standard InChI is InChI=1S/C21H26N2O4/c24-17-14-21(27-18-7-2-1-6-16(17)18)9-5-12-22(13-10-21)20(26)15-23-11-4-3-8-19(23)25/h1-2,6-7H,3-5,8-15H2. The fraction of sp³-hybridized carbons (Fsp3) is 0.571. The molecule has 3 heterocycles. The zero-order valence-corrected chi connectivity index (χ0v) is 15.6. The fourth-order valence-electron chi connectivity index (χ4n) is 4.43. The average Bonchev–Trinajstić information content (AvgIpc) is 2.86. The zero-order valence-electron chi connectivity index (χ0n) is 15.6. The number of para-hydroxylation sites is 1. The lowest BCUT2D eigenvalue weighted by atomic mass is 9.84. The van der Waals surface area contributed by atoms with Gasteiger partial charge in [-0.15, -0.1) is 0 Å². The van der Waals surface area contributed by atoms with Crippen LogP contribution in [0.2, 0.25) is 0 Å². The second kappa shape index (κ2) is 7.33. The summed E-state index contributed by atoms with van der Waals surface area (Å²) >= 11 is 0. The maximum atomic E-state index is 12.7. The van der Waals surface area contributed by atoms with Gasteiger partial charge in [-0.3, -0.25) is 14.4 Å². The highest BCUT2D eigenvalue weighted by atomic mass is 16.5. The van der Waals surface area contributed by atoms with E-state index < -0.39 is 5.60 Å². The zero-order chi connectivity index (χ0) is 18.9. The van der Waals surface area contributed by atoms with E-state index in [-0.39, 0.29) is 24.1 Å². The molecule has 2 amide bonds. The van der Waals surface area contributed by atoms with Crippen molar-refractivity contribution in [3.63, 3.8) is 0 Å². The summed E-state index contributed by atoms with van der Waals surface area (Å²) in [4.78, 5) is 40.8. The minimum absolute atomic E-state index is 0.00448. The van der Waals surface area contributed by atoms with Crippen molar-refractivity contribution >= 4 is 17.6 Å². The van der Waals surface area contributed by atoms with E-state index in [9.17, 15) is 14.4 Å². The number of nitrogens with zero attached hydrogens (tertiary/aromatic N) is 2. The Kier molecular flexibility index (Phi) is 4.89. The van der Waals surface area contributed by atoms with Crippen LogP contribution < -0.4 is 4.74 Å². The number of ether oxygens (including phenoxy) is 1. The summed E-state index contributed by atoms with van der Waals surface area (Å²) in [7, 11) is 0. The maximum absolute atomic E-state index is 12.7. The van der Waals surface area contributed by atoms with E-state index in [1.54, 1.807) is 4.90 Å². The summed E-state index contributed by atoms with van der Waals surface area (Å²) in [5, 5.41) is 0. The van der Waals surface area contributed by atoms with E-state index >= 15 is 0 Å². The molecule has 2 fully saturated rings. The number of amides is 2. The molecule has 2 saturated heterocycles. The monoisotopic (exact) mass is 370 g/mol. The van der Waals surface area contributed by atoms with Crippen LogP contribution in [0.1, 0.15) is 55.3 Å². The van der Waals surface area contributed by atoms with Gasteiger partial charge in [0.1, 0.15) is 11.4 Å². The molecule has 0 aromatic heterocycles. The van der Waals surface area contributed by atoms with Gasteiger partial charge in [0.15, 0.2) is 5.78 Å². The highest BCUT2D eigenvalue weighted by Gasteiger charge is 2.42. The predicted octanol–water partition coefficient (Wildman–Crippen LogP) is 2.42. The van der Waals surface area contributed by atoms with Gasteiger partial charge in [-0.05, 0) is 37.8 Å². The minimum Gasteiger partial charge on any atom is -0.486 e. The molecule has 3 aliphatic rings. The van der Waals surface area contributed by atoms with E-state index in [0.29, 0.717) is 50.2 Å². The van der Waals surface area contributed by atoms with E-state index in [0.717, 1.165) is 25.7 Å². The number of piperidine rings is 1. The molecule has 3 aliphatic heterocycles. The smallest absolute Gasteiger partial charge is 0.242 e. The number of hydrogen-bond donors (Lipinski definition) is 0. The Morgan fingerprint density at radius 2 is 1.89 bits per heavy atom. The largest absolute Gasteiger partial charge is 0.486 e. The molecule has 0 saturated carbocycles. The Labute approximate surface area is 159 Å². The highest BCUT2D eigenvalue weighted by Crippen LogP contribution is 2.39. The van der Waals surface area contributed by atoms with Crippen molar-refractivity contribution in [1.29, 1.82) is 0 Å². The lowest BCUT2D eigenvalue weighted by Crippen LogP contribution is -2.46. The SMILES string of the molecule is O=C1CC2(CCCN(C(=O)CN3CCCCC3=O)CC2)Oc2ccccc21. The first-order valence-electron chi connectivity index (χ1n) is 9.93. The van der Waals surface area contributed by atoms with Gasteiger partial charge < -0.3 is 14.5 Å². The molecule has 1 spiro atoms. The van der Waals surface area contributed by atoms with Crippen LogP contribution in [-0.2, 0) is 9.59 Å². The van der Waals surface area contributed by atoms with E-state index in [1.807, 2.05) is 29.2 Å². The van der Waals surface area contributed by atoms with Crippen molar-refractivity contribution in [3.05, 3.63) is 29.8 Å². The normalized spacial score (nSPS) is 25.8. The van der Waals surface area contributed by atoms with E-state index in [4.69, 9.17) is 4.74 Å². The summed E-state index contributed by atoms with van der Waals surface area (Å²) < 4.78 is 6.28. The van der Waals surface area contributed by atoms with Gasteiger partial charge in [-0.25, -0.2) is 0 Å². The number of rotatable bonds is 2. The Balaban J connectivity index is 1.41. The molecule has 0 bridgehead atoms. The van der Waals surface area contributed by atoms with Crippen molar-refractivity contribution in [3.8, 4) is 5.75 Å². The molecule has 1 atom stereocenters. The minimum atomic E-state index is -0.512. The molecular formula is C21H26N2O4. The van der Waals surface area contributed by atoms with Crippen molar-refractivity contribution in [1.82, 2.24) is 9.80 Å². The first-order valence-corrected chi connectivity index (χ1v) is 9.93. The van der Waals surface area contributed by atoms with Gasteiger partial charge in [0.05, 0.1) is 18.5 Å². The summed E-state index contributed by atoms with van der Waals surface area (Å²) in [6, 6.07) is 7.40. The molecule has 6 nitrogen and oxygen atoms in total. The summed E-state index contributed by atoms with van der Waals surface area (Å²) in [5.74, 6) is 0.867. The van der Waals surface area contributed by atoms with Crippen LogP contribution in [0.3, 0.4) is 0 Å². The number of Topliss-reactive ketones (excluding diaryl/α,β-unsaturated/α-hetero) is 1. The lowest BCUT2D eigenvalue weighted by molar-refractivity contribution is -0.142. The summed E-state index contributed by atoms with van der Waals surface area (Å²) in [5.41, 5.74) is 0.144. The molecule has 4 rings (SSSR count). The molecule has 0 N–H and O–H groups in total. The average molecular weight is 370 g/mol. The van der Waals surface area contributed by atoms with E-state index in [1.165, 1.54) is 0 Å². The first kappa shape index (κ1) is 18.0. The number of likely N-dealkylation sites (tertiary alicyclic amines) is 2. The molecule has 144 valence electrons. The van der Waals surface area contributed by atoms with Crippen LogP contribution in [0, 0.1) is 0 Å². The molecular weight excluding hydrogens is 344 g/mol. The number of ketones is 1. The number of fused-ring (bicyclic) bond motifs is 1. The van der Waals surface area contributed by atoms with Crippen molar-refractivity contribution in [2.45, 2.75) is 50.5 Å². The Morgan fingerprint density at radius 1 is 1.04 bits per heavy atom. The third-order valence-electron chi connectivity index (χ3n) is 5.99. The Bertz CT molecular complexity index is 762. The van der Waals surface area contributed by atoms with Gasteiger partial charge in [0.2, 0.25) is 11.8 Å². The number of benzene rings is 1. The predicted molar refractivity (Wildman–Crippen MR) is 99.6 cm³/mol. The molecule has 1 aromatic carbocycles. The van der Waals surface area contributed by atoms with Gasteiger partial charge in [-0.2, -0.15) is 0 Å². The lowest BCUT2D eigenvalue weighted by Gasteiger charge is -2.37. The third-order valence-corrected chi connectivity index (χ3v) is 5.99. The molecule has 27 heavy (non-hydrogen) atoms. The third kappa shape index (κ3) is 3.70. The van der Waals surface area contributed by atoms with Gasteiger partial charge in [-0.1, -0.05) is 12.1 Å². The van der Waals surface area contributed by atoms with Gasteiger partial charge in [0, 0.05) is 32.5 Å². The Hall–Kier alpha value is -2.37. The molecule has 1 unspecified atom stereocenters. The molecule has 6 heteroatoms. The summed E-state index contributed by atoms with van der Waals surface area (Å²) in [6.45, 7) is 2.07. The van der Waals surface area contributed by atoms with Crippen LogP contribution in [0.25, 0.3) is 0 Å². The topological polar surface area (TPSA) is 66.9 Å². The highest BCUT2D eigenvalue weighted by molar-refractivity contribution is 6.00. The number of hydrogen-bond acceptors (Lipinski definition) is 4. The van der Waals surface area contributed by atoms with Crippen LogP contribution in [0.5, 0.6) is 5.75 Å². The van der Waals surface area contributed by atoms with Crippen LogP contribution >= 0.6 is 0 Å². The summed E-state index contributed by atoms with van der Waals surface area (Å²) in [6.07, 6.45) is 5.02. The second-order valence-electron chi connectivity index (χ2n) is 7.89. The fourth-order valence-corrected chi connectivity index (χ4v) is 4.43. The van der Waals surface area contributed by atoms with Crippen LogP contribution in [0.15, 0.2) is 24.3 Å². The van der Waals surface area contributed by atoms with Gasteiger partial charge >= 0.3 is 0 Å². The number of carbonyl (C=O) groups excluding carboxylic acids is 3. The van der Waals surface area contributed by atoms with E-state index in [2.05, 4.69) is 0 Å². The van der Waals surface area contributed by atoms with Crippen LogP contribution in [-0.4, -0.2) is 59.2 Å². The molecule has 0 radical (unpaired) electrons. The quantitative estimate of drug-likeness (QED) is 0.802. The van der Waals surface area contributed by atoms with Crippen molar-refractivity contribution in [2.75, 3.05) is 26.2 Å². The van der Waals surface area contributed by atoms with Gasteiger partial charge in [0.25, 0.3) is 0 Å². The molecule has 1 aromatic rings. The van der Waals surface area contributed by atoms with Crippen LogP contribution in [0.4, 0.5) is 0 Å². The first-order chi connectivity index (χ1) is 13.1. The van der Waals surface area contributed by atoms with Crippen molar-refractivity contribution in [2.24, 2.45) is 0 Å². The van der Waals surface area contributed by atoms with Crippen molar-refractivity contribution < 1.29 is 19.1 Å². The number of carbonyl (C=O) groups is 3. The Morgan fingerprint density at radius 3 is 2.74 bits per heavy atom. The maximum Gasteiger partial charge on any atom is 0.242 e. The second-order valence-corrected chi connectivity index (χ2v) is 7.89. The molecule has 0 aliphatic carbocycles.